The lowest BCUT2D eigenvalue weighted by Gasteiger charge is -2.05. The van der Waals surface area contributed by atoms with Crippen LogP contribution in [0.4, 0.5) is 0 Å². The molecule has 19 heavy (non-hydrogen) atoms. The van der Waals surface area contributed by atoms with Crippen LogP contribution in [0.3, 0.4) is 0 Å². The molecule has 0 amide bonds. The molecule has 1 aromatic heterocycles. The van der Waals surface area contributed by atoms with E-state index >= 15 is 0 Å². The van der Waals surface area contributed by atoms with Crippen molar-refractivity contribution in [3.05, 3.63) is 16.1 Å². The molecule has 0 aliphatic heterocycles. The summed E-state index contributed by atoms with van der Waals surface area (Å²) in [7, 11) is 0. The molecule has 1 N–H and O–H groups in total. The van der Waals surface area contributed by atoms with Crippen molar-refractivity contribution in [1.82, 2.24) is 10.3 Å². The monoisotopic (exact) mass is 286 g/mol. The number of nitrogens with zero attached hydrogens (tertiary/aromatic N) is 1. The Morgan fingerprint density at radius 1 is 1.26 bits per heavy atom. The van der Waals surface area contributed by atoms with E-state index in [1.54, 1.807) is 11.3 Å². The molecule has 0 unspecified atom stereocenters. The Hall–Kier alpha value is -0.490. The van der Waals surface area contributed by atoms with Crippen LogP contribution in [0.25, 0.3) is 0 Å². The fourth-order valence-electron chi connectivity index (χ4n) is 1.43. The van der Waals surface area contributed by atoms with Crippen LogP contribution in [-0.2, 0) is 22.6 Å². The summed E-state index contributed by atoms with van der Waals surface area (Å²) in [5.74, 6) is 0. The van der Waals surface area contributed by atoms with Crippen LogP contribution in [0.5, 0.6) is 0 Å². The van der Waals surface area contributed by atoms with Gasteiger partial charge >= 0.3 is 0 Å². The summed E-state index contributed by atoms with van der Waals surface area (Å²) in [5.41, 5.74) is 1.01. The Kier molecular flexibility index (Phi) is 8.99. The van der Waals surface area contributed by atoms with Crippen molar-refractivity contribution < 1.29 is 9.47 Å². The van der Waals surface area contributed by atoms with Crippen molar-refractivity contribution in [2.45, 2.75) is 52.8 Å². The van der Waals surface area contributed by atoms with Crippen LogP contribution in [0, 0.1) is 0 Å². The number of rotatable bonds is 11. The number of unbranched alkanes of at least 4 members (excludes halogenated alkanes) is 1. The average Bonchev–Trinajstić information content (AvgIpc) is 2.83. The molecule has 1 aromatic rings. The van der Waals surface area contributed by atoms with Gasteiger partial charge in [-0.05, 0) is 6.42 Å². The standard InChI is InChI=1S/C14H26N2O2S/c1-4-5-6-17-7-8-18-10-13-11-19-14(16-13)9-15-12(2)3/h11-12,15H,4-10H2,1-3H3. The minimum Gasteiger partial charge on any atom is -0.379 e. The average molecular weight is 286 g/mol. The molecule has 4 nitrogen and oxygen atoms in total. The Labute approximate surface area is 120 Å². The first-order valence-corrected chi connectivity index (χ1v) is 7.92. The van der Waals surface area contributed by atoms with Crippen LogP contribution in [0.1, 0.15) is 44.3 Å². The van der Waals surface area contributed by atoms with Gasteiger partial charge < -0.3 is 14.8 Å². The molecule has 1 heterocycles. The number of hydrogen-bond donors (Lipinski definition) is 1. The van der Waals surface area contributed by atoms with E-state index < -0.39 is 0 Å². The van der Waals surface area contributed by atoms with Crippen molar-refractivity contribution >= 4 is 11.3 Å². The maximum Gasteiger partial charge on any atom is 0.107 e. The molecule has 0 bridgehead atoms. The van der Waals surface area contributed by atoms with Crippen molar-refractivity contribution in [3.8, 4) is 0 Å². The van der Waals surface area contributed by atoms with E-state index in [0.29, 0.717) is 25.9 Å². The summed E-state index contributed by atoms with van der Waals surface area (Å²) in [6.45, 7) is 9.99. The van der Waals surface area contributed by atoms with Gasteiger partial charge in [0, 0.05) is 24.6 Å². The lowest BCUT2D eigenvalue weighted by Crippen LogP contribution is -2.21. The fourth-order valence-corrected chi connectivity index (χ4v) is 2.16. The highest BCUT2D eigenvalue weighted by molar-refractivity contribution is 7.09. The first kappa shape index (κ1) is 16.6. The molecule has 0 saturated carbocycles. The van der Waals surface area contributed by atoms with Gasteiger partial charge in [0.15, 0.2) is 0 Å². The number of hydrogen-bond acceptors (Lipinski definition) is 5. The fraction of sp³-hybridized carbons (Fsp3) is 0.786. The molecule has 0 saturated heterocycles. The summed E-state index contributed by atoms with van der Waals surface area (Å²) in [6, 6.07) is 0.490. The van der Waals surface area contributed by atoms with Crippen molar-refractivity contribution in [2.24, 2.45) is 0 Å². The van der Waals surface area contributed by atoms with Gasteiger partial charge in [-0.2, -0.15) is 0 Å². The zero-order chi connectivity index (χ0) is 13.9. The molecule has 5 heteroatoms. The summed E-state index contributed by atoms with van der Waals surface area (Å²) in [6.07, 6.45) is 2.30. The Balaban J connectivity index is 2.06. The Morgan fingerprint density at radius 3 is 2.79 bits per heavy atom. The van der Waals surface area contributed by atoms with E-state index in [0.717, 1.165) is 30.3 Å². The molecule has 0 radical (unpaired) electrons. The smallest absolute Gasteiger partial charge is 0.107 e. The maximum absolute atomic E-state index is 5.54. The van der Waals surface area contributed by atoms with E-state index in [1.807, 2.05) is 0 Å². The second-order valence-corrected chi connectivity index (χ2v) is 5.73. The summed E-state index contributed by atoms with van der Waals surface area (Å²) >= 11 is 1.68. The normalized spacial score (nSPS) is 11.4. The van der Waals surface area contributed by atoms with E-state index in [9.17, 15) is 0 Å². The SMILES string of the molecule is CCCCOCCOCc1csc(CNC(C)C)n1. The molecule has 0 aliphatic rings. The highest BCUT2D eigenvalue weighted by Crippen LogP contribution is 2.10. The van der Waals surface area contributed by atoms with Crippen LogP contribution in [-0.4, -0.2) is 30.8 Å². The highest BCUT2D eigenvalue weighted by Gasteiger charge is 2.02. The molecule has 0 spiro atoms. The molecule has 0 aromatic carbocycles. The van der Waals surface area contributed by atoms with Gasteiger partial charge in [-0.1, -0.05) is 27.2 Å². The number of aromatic nitrogens is 1. The molecule has 0 atom stereocenters. The second kappa shape index (κ2) is 10.3. The van der Waals surface area contributed by atoms with Crippen LogP contribution >= 0.6 is 11.3 Å². The third kappa shape index (κ3) is 8.31. The molecule has 0 fully saturated rings. The van der Waals surface area contributed by atoms with Crippen molar-refractivity contribution in [3.63, 3.8) is 0 Å². The zero-order valence-electron chi connectivity index (χ0n) is 12.3. The summed E-state index contributed by atoms with van der Waals surface area (Å²) in [4.78, 5) is 4.52. The van der Waals surface area contributed by atoms with Crippen LogP contribution < -0.4 is 5.32 Å². The molecular weight excluding hydrogens is 260 g/mol. The Bertz CT molecular complexity index is 329. The summed E-state index contributed by atoms with van der Waals surface area (Å²) in [5, 5.41) is 6.54. The van der Waals surface area contributed by atoms with Gasteiger partial charge in [-0.3, -0.25) is 0 Å². The second-order valence-electron chi connectivity index (χ2n) is 4.79. The summed E-state index contributed by atoms with van der Waals surface area (Å²) < 4.78 is 11.0. The topological polar surface area (TPSA) is 43.4 Å². The zero-order valence-corrected chi connectivity index (χ0v) is 13.1. The first-order chi connectivity index (χ1) is 9.22. The Morgan fingerprint density at radius 2 is 2.05 bits per heavy atom. The molecular formula is C14H26N2O2S. The van der Waals surface area contributed by atoms with Crippen molar-refractivity contribution in [2.75, 3.05) is 19.8 Å². The number of nitrogens with one attached hydrogen (secondary N) is 1. The number of ether oxygens (including phenoxy) is 2. The first-order valence-electron chi connectivity index (χ1n) is 7.04. The largest absolute Gasteiger partial charge is 0.379 e. The van der Waals surface area contributed by atoms with Gasteiger partial charge in [-0.15, -0.1) is 11.3 Å². The van der Waals surface area contributed by atoms with Gasteiger partial charge in [-0.25, -0.2) is 4.98 Å². The molecule has 1 rings (SSSR count). The van der Waals surface area contributed by atoms with E-state index in [-0.39, 0.29) is 0 Å². The van der Waals surface area contributed by atoms with Gasteiger partial charge in [0.2, 0.25) is 0 Å². The van der Waals surface area contributed by atoms with Gasteiger partial charge in [0.25, 0.3) is 0 Å². The minimum atomic E-state index is 0.490. The minimum absolute atomic E-state index is 0.490. The lowest BCUT2D eigenvalue weighted by atomic mass is 10.4. The van der Waals surface area contributed by atoms with Crippen LogP contribution in [0.15, 0.2) is 5.38 Å². The van der Waals surface area contributed by atoms with E-state index in [4.69, 9.17) is 9.47 Å². The van der Waals surface area contributed by atoms with Crippen molar-refractivity contribution in [1.29, 1.82) is 0 Å². The third-order valence-electron chi connectivity index (χ3n) is 2.53. The van der Waals surface area contributed by atoms with Gasteiger partial charge in [0.1, 0.15) is 5.01 Å². The van der Waals surface area contributed by atoms with Gasteiger partial charge in [0.05, 0.1) is 25.5 Å². The number of thiazole rings is 1. The third-order valence-corrected chi connectivity index (χ3v) is 3.42. The predicted molar refractivity (Wildman–Crippen MR) is 79.5 cm³/mol. The predicted octanol–water partition coefficient (Wildman–Crippen LogP) is 2.97. The maximum atomic E-state index is 5.54. The quantitative estimate of drug-likeness (QED) is 0.635. The lowest BCUT2D eigenvalue weighted by molar-refractivity contribution is 0.0387. The molecule has 110 valence electrons. The van der Waals surface area contributed by atoms with E-state index in [2.05, 4.69) is 36.5 Å². The van der Waals surface area contributed by atoms with E-state index in [1.165, 1.54) is 6.42 Å². The molecule has 0 aliphatic carbocycles. The highest BCUT2D eigenvalue weighted by atomic mass is 32.1. The van der Waals surface area contributed by atoms with Crippen LogP contribution in [0.2, 0.25) is 0 Å².